The number of hydrogen-bond acceptors (Lipinski definition) is 4. The van der Waals surface area contributed by atoms with Crippen molar-refractivity contribution in [1.29, 1.82) is 0 Å². The molecule has 0 saturated heterocycles. The van der Waals surface area contributed by atoms with Gasteiger partial charge in [-0.05, 0) is 32.4 Å². The Morgan fingerprint density at radius 2 is 2.00 bits per heavy atom. The predicted molar refractivity (Wildman–Crippen MR) is 103 cm³/mol. The van der Waals surface area contributed by atoms with E-state index < -0.39 is 5.97 Å². The third kappa shape index (κ3) is 4.16. The smallest absolute Gasteiger partial charge is 0.359 e. The standard InChI is InChI=1S/C20H24ClN3O3/c1-3-27-20(26)19-16-13-23(18(25)5-4-11-21)12-10-17(16)24(22-19)15-8-6-14(2)7-9-15/h6-9H,3-5,10-13H2,1-2H3. The minimum atomic E-state index is -0.449. The summed E-state index contributed by atoms with van der Waals surface area (Å²) < 4.78 is 6.99. The van der Waals surface area contributed by atoms with Gasteiger partial charge in [-0.3, -0.25) is 4.79 Å². The number of hydrogen-bond donors (Lipinski definition) is 0. The van der Waals surface area contributed by atoms with Gasteiger partial charge in [-0.2, -0.15) is 5.10 Å². The van der Waals surface area contributed by atoms with Crippen LogP contribution in [0.15, 0.2) is 24.3 Å². The van der Waals surface area contributed by atoms with Gasteiger partial charge < -0.3 is 9.64 Å². The lowest BCUT2D eigenvalue weighted by molar-refractivity contribution is -0.132. The Kier molecular flexibility index (Phi) is 6.16. The van der Waals surface area contributed by atoms with Gasteiger partial charge in [0.05, 0.1) is 18.0 Å². The number of ether oxygens (including phenoxy) is 1. The van der Waals surface area contributed by atoms with Crippen molar-refractivity contribution >= 4 is 23.5 Å². The molecule has 144 valence electrons. The Morgan fingerprint density at radius 1 is 1.26 bits per heavy atom. The van der Waals surface area contributed by atoms with Gasteiger partial charge in [-0.25, -0.2) is 9.48 Å². The fraction of sp³-hybridized carbons (Fsp3) is 0.450. The first kappa shape index (κ1) is 19.4. The van der Waals surface area contributed by atoms with E-state index in [4.69, 9.17) is 16.3 Å². The summed E-state index contributed by atoms with van der Waals surface area (Å²) in [6, 6.07) is 7.99. The highest BCUT2D eigenvalue weighted by Crippen LogP contribution is 2.26. The van der Waals surface area contributed by atoms with Gasteiger partial charge in [0, 0.05) is 37.4 Å². The van der Waals surface area contributed by atoms with Crippen molar-refractivity contribution in [3.8, 4) is 5.69 Å². The molecule has 0 radical (unpaired) electrons. The van der Waals surface area contributed by atoms with E-state index in [1.54, 1.807) is 11.8 Å². The van der Waals surface area contributed by atoms with Crippen molar-refractivity contribution in [2.24, 2.45) is 0 Å². The lowest BCUT2D eigenvalue weighted by atomic mass is 10.0. The monoisotopic (exact) mass is 389 g/mol. The maximum absolute atomic E-state index is 12.4. The Bertz CT molecular complexity index is 830. The molecule has 0 fully saturated rings. The number of alkyl halides is 1. The first-order valence-electron chi connectivity index (χ1n) is 9.23. The zero-order valence-electron chi connectivity index (χ0n) is 15.7. The highest BCUT2D eigenvalue weighted by Gasteiger charge is 2.30. The Morgan fingerprint density at radius 3 is 2.67 bits per heavy atom. The van der Waals surface area contributed by atoms with E-state index in [2.05, 4.69) is 5.10 Å². The summed E-state index contributed by atoms with van der Waals surface area (Å²) in [5.41, 5.74) is 4.08. The summed E-state index contributed by atoms with van der Waals surface area (Å²) in [5, 5.41) is 4.55. The summed E-state index contributed by atoms with van der Waals surface area (Å²) in [5.74, 6) is 0.0680. The van der Waals surface area contributed by atoms with Crippen LogP contribution in [0.4, 0.5) is 0 Å². The average Bonchev–Trinajstić information content (AvgIpc) is 3.06. The number of aromatic nitrogens is 2. The molecule has 1 amide bonds. The summed E-state index contributed by atoms with van der Waals surface area (Å²) in [6.07, 6.45) is 1.71. The Balaban J connectivity index is 1.97. The second-order valence-electron chi connectivity index (χ2n) is 6.60. The van der Waals surface area contributed by atoms with Crippen molar-refractivity contribution in [3.63, 3.8) is 0 Å². The van der Waals surface area contributed by atoms with Crippen LogP contribution in [-0.2, 0) is 22.5 Å². The van der Waals surface area contributed by atoms with Crippen LogP contribution < -0.4 is 0 Å². The van der Waals surface area contributed by atoms with Gasteiger partial charge >= 0.3 is 5.97 Å². The van der Waals surface area contributed by atoms with Crippen LogP contribution in [0, 0.1) is 6.92 Å². The molecule has 1 aliphatic rings. The molecule has 1 aliphatic heterocycles. The quantitative estimate of drug-likeness (QED) is 0.562. The molecule has 6 nitrogen and oxygen atoms in total. The van der Waals surface area contributed by atoms with Crippen LogP contribution in [0.2, 0.25) is 0 Å². The Hall–Kier alpha value is -2.34. The van der Waals surface area contributed by atoms with E-state index in [1.807, 2.05) is 35.9 Å². The van der Waals surface area contributed by atoms with Crippen molar-refractivity contribution in [2.45, 2.75) is 39.7 Å². The largest absolute Gasteiger partial charge is 0.461 e. The molecule has 0 aliphatic carbocycles. The maximum Gasteiger partial charge on any atom is 0.359 e. The topological polar surface area (TPSA) is 64.4 Å². The number of esters is 1. The van der Waals surface area contributed by atoms with Crippen LogP contribution in [-0.4, -0.2) is 45.6 Å². The molecule has 7 heteroatoms. The first-order chi connectivity index (χ1) is 13.0. The molecule has 0 bridgehead atoms. The molecule has 0 saturated carbocycles. The van der Waals surface area contributed by atoms with Gasteiger partial charge in [0.15, 0.2) is 5.69 Å². The summed E-state index contributed by atoms with van der Waals surface area (Å²) in [6.45, 7) is 5.05. The molecule has 0 spiro atoms. The molecule has 1 aromatic heterocycles. The van der Waals surface area contributed by atoms with Crippen LogP contribution in [0.5, 0.6) is 0 Å². The summed E-state index contributed by atoms with van der Waals surface area (Å²) >= 11 is 5.70. The summed E-state index contributed by atoms with van der Waals surface area (Å²) in [4.78, 5) is 26.6. The van der Waals surface area contributed by atoms with Crippen LogP contribution in [0.1, 0.15) is 47.1 Å². The minimum absolute atomic E-state index is 0.0548. The Labute approximate surface area is 164 Å². The number of nitrogens with zero attached hydrogens (tertiary/aromatic N) is 3. The summed E-state index contributed by atoms with van der Waals surface area (Å²) in [7, 11) is 0. The van der Waals surface area contributed by atoms with Gasteiger partial charge in [0.1, 0.15) is 0 Å². The van der Waals surface area contributed by atoms with E-state index in [-0.39, 0.29) is 12.5 Å². The van der Waals surface area contributed by atoms with E-state index in [0.29, 0.717) is 43.9 Å². The number of rotatable bonds is 6. The highest BCUT2D eigenvalue weighted by atomic mass is 35.5. The predicted octanol–water partition coefficient (Wildman–Crippen LogP) is 3.26. The lowest BCUT2D eigenvalue weighted by Gasteiger charge is -2.28. The van der Waals surface area contributed by atoms with Gasteiger partial charge in [0.2, 0.25) is 5.91 Å². The third-order valence-electron chi connectivity index (χ3n) is 4.68. The third-order valence-corrected chi connectivity index (χ3v) is 4.95. The van der Waals surface area contributed by atoms with E-state index in [0.717, 1.165) is 22.5 Å². The second kappa shape index (κ2) is 8.57. The molecular weight excluding hydrogens is 366 g/mol. The van der Waals surface area contributed by atoms with Gasteiger partial charge in [-0.1, -0.05) is 17.7 Å². The molecule has 1 aromatic carbocycles. The normalized spacial score (nSPS) is 13.4. The highest BCUT2D eigenvalue weighted by molar-refractivity contribution is 6.17. The van der Waals surface area contributed by atoms with Crippen molar-refractivity contribution < 1.29 is 14.3 Å². The molecule has 0 atom stereocenters. The number of fused-ring (bicyclic) bond motifs is 1. The molecule has 27 heavy (non-hydrogen) atoms. The van der Waals surface area contributed by atoms with E-state index in [9.17, 15) is 9.59 Å². The zero-order chi connectivity index (χ0) is 19.4. The van der Waals surface area contributed by atoms with Crippen LogP contribution >= 0.6 is 11.6 Å². The number of carbonyl (C=O) groups excluding carboxylic acids is 2. The van der Waals surface area contributed by atoms with Crippen molar-refractivity contribution in [2.75, 3.05) is 19.0 Å². The number of aryl methyl sites for hydroxylation is 1. The van der Waals surface area contributed by atoms with E-state index >= 15 is 0 Å². The van der Waals surface area contributed by atoms with Gasteiger partial charge in [0.25, 0.3) is 0 Å². The number of halogens is 1. The molecule has 2 heterocycles. The van der Waals surface area contributed by atoms with Crippen molar-refractivity contribution in [1.82, 2.24) is 14.7 Å². The second-order valence-corrected chi connectivity index (χ2v) is 6.98. The average molecular weight is 390 g/mol. The number of benzene rings is 1. The fourth-order valence-electron chi connectivity index (χ4n) is 3.27. The molecule has 3 rings (SSSR count). The zero-order valence-corrected chi connectivity index (χ0v) is 16.5. The molecule has 0 N–H and O–H groups in total. The van der Waals surface area contributed by atoms with Crippen LogP contribution in [0.3, 0.4) is 0 Å². The SMILES string of the molecule is CCOC(=O)c1nn(-c2ccc(C)cc2)c2c1CN(C(=O)CCCCl)CC2. The van der Waals surface area contributed by atoms with Crippen LogP contribution in [0.25, 0.3) is 5.69 Å². The fourth-order valence-corrected chi connectivity index (χ4v) is 3.40. The lowest BCUT2D eigenvalue weighted by Crippen LogP contribution is -2.36. The first-order valence-corrected chi connectivity index (χ1v) is 9.77. The van der Waals surface area contributed by atoms with Gasteiger partial charge in [-0.15, -0.1) is 11.6 Å². The molecular formula is C20H24ClN3O3. The number of carbonyl (C=O) groups is 2. The van der Waals surface area contributed by atoms with E-state index in [1.165, 1.54) is 0 Å². The maximum atomic E-state index is 12.4. The molecule has 0 unspecified atom stereocenters. The minimum Gasteiger partial charge on any atom is -0.461 e. The molecule has 2 aromatic rings. The van der Waals surface area contributed by atoms with Crippen molar-refractivity contribution in [3.05, 3.63) is 46.8 Å². The number of amides is 1.